The quantitative estimate of drug-likeness (QED) is 0.878. The molecule has 5 heteroatoms. The molecule has 0 unspecified atom stereocenters. The maximum Gasteiger partial charge on any atom is 0.218 e. The zero-order valence-electron chi connectivity index (χ0n) is 12.9. The summed E-state index contributed by atoms with van der Waals surface area (Å²) in [5.41, 5.74) is 1.00. The van der Waals surface area contributed by atoms with Crippen LogP contribution in [0.3, 0.4) is 0 Å². The maximum atomic E-state index is 6.06. The van der Waals surface area contributed by atoms with E-state index in [2.05, 4.69) is 10.00 Å². The summed E-state index contributed by atoms with van der Waals surface area (Å²) in [7, 11) is 1.93. The summed E-state index contributed by atoms with van der Waals surface area (Å²) in [6.45, 7) is 0.742. The van der Waals surface area contributed by atoms with Gasteiger partial charge in [-0.2, -0.15) is 5.10 Å². The second kappa shape index (κ2) is 7.16. The van der Waals surface area contributed by atoms with Crippen LogP contribution in [0.5, 0.6) is 11.6 Å². The van der Waals surface area contributed by atoms with Gasteiger partial charge in [0.2, 0.25) is 5.88 Å². The number of rotatable bonds is 5. The number of hydrogen-bond donors (Lipinski definition) is 1. The van der Waals surface area contributed by atoms with Gasteiger partial charge in [-0.05, 0) is 38.1 Å². The lowest BCUT2D eigenvalue weighted by Crippen LogP contribution is -2.15. The van der Waals surface area contributed by atoms with Crippen LogP contribution in [0.25, 0.3) is 0 Å². The first-order chi connectivity index (χ1) is 10.8. The van der Waals surface area contributed by atoms with E-state index in [0.29, 0.717) is 11.1 Å². The van der Waals surface area contributed by atoms with Crippen LogP contribution in [-0.2, 0) is 6.54 Å². The standard InChI is InChI=1S/C17H22ClN3O/c1-19-12-14-11-17(22-16-9-5-6-13(18)10-16)21(20-14)15-7-3-2-4-8-15/h5-6,9-11,15,19H,2-4,7-8,12H2,1H3. The lowest BCUT2D eigenvalue weighted by Gasteiger charge is -2.23. The molecule has 1 aromatic heterocycles. The molecule has 1 aliphatic rings. The van der Waals surface area contributed by atoms with Gasteiger partial charge in [0.05, 0.1) is 11.7 Å². The van der Waals surface area contributed by atoms with E-state index in [4.69, 9.17) is 21.4 Å². The van der Waals surface area contributed by atoms with Crippen molar-refractivity contribution in [2.24, 2.45) is 0 Å². The Kier molecular flexibility index (Phi) is 5.01. The Morgan fingerprint density at radius 3 is 2.82 bits per heavy atom. The number of nitrogens with one attached hydrogen (secondary N) is 1. The molecular formula is C17H22ClN3O. The van der Waals surface area contributed by atoms with Crippen LogP contribution in [0.1, 0.15) is 43.8 Å². The maximum absolute atomic E-state index is 6.06. The summed E-state index contributed by atoms with van der Waals surface area (Å²) in [5.74, 6) is 1.56. The average molecular weight is 320 g/mol. The average Bonchev–Trinajstić information content (AvgIpc) is 2.91. The van der Waals surface area contributed by atoms with E-state index in [9.17, 15) is 0 Å². The Hall–Kier alpha value is -1.52. The first-order valence-electron chi connectivity index (χ1n) is 7.92. The highest BCUT2D eigenvalue weighted by Crippen LogP contribution is 2.33. The molecule has 1 N–H and O–H groups in total. The molecule has 1 saturated carbocycles. The Morgan fingerprint density at radius 1 is 1.27 bits per heavy atom. The summed E-state index contributed by atoms with van der Waals surface area (Å²) in [6.07, 6.45) is 6.20. The van der Waals surface area contributed by atoms with Crippen LogP contribution >= 0.6 is 11.6 Å². The molecule has 1 fully saturated rings. The zero-order valence-corrected chi connectivity index (χ0v) is 13.6. The highest BCUT2D eigenvalue weighted by molar-refractivity contribution is 6.30. The van der Waals surface area contributed by atoms with Crippen molar-refractivity contribution in [1.82, 2.24) is 15.1 Å². The van der Waals surface area contributed by atoms with Crippen molar-refractivity contribution in [2.45, 2.75) is 44.7 Å². The number of benzene rings is 1. The molecule has 2 aromatic rings. The number of nitrogens with zero attached hydrogens (tertiary/aromatic N) is 2. The van der Waals surface area contributed by atoms with Gasteiger partial charge in [-0.1, -0.05) is 36.9 Å². The molecule has 22 heavy (non-hydrogen) atoms. The summed E-state index contributed by atoms with van der Waals surface area (Å²) >= 11 is 6.04. The minimum absolute atomic E-state index is 0.438. The highest BCUT2D eigenvalue weighted by Gasteiger charge is 2.21. The summed E-state index contributed by atoms with van der Waals surface area (Å²) in [6, 6.07) is 9.95. The fourth-order valence-corrected chi connectivity index (χ4v) is 3.19. The second-order valence-electron chi connectivity index (χ2n) is 5.80. The first kappa shape index (κ1) is 15.4. The predicted molar refractivity (Wildman–Crippen MR) is 88.6 cm³/mol. The molecule has 0 aliphatic heterocycles. The van der Waals surface area contributed by atoms with Crippen molar-refractivity contribution >= 4 is 11.6 Å². The molecule has 4 nitrogen and oxygen atoms in total. The Bertz CT molecular complexity index is 620. The van der Waals surface area contributed by atoms with E-state index < -0.39 is 0 Å². The summed E-state index contributed by atoms with van der Waals surface area (Å²) < 4.78 is 8.12. The lowest BCUT2D eigenvalue weighted by molar-refractivity contribution is 0.294. The molecule has 1 heterocycles. The third kappa shape index (κ3) is 3.62. The van der Waals surface area contributed by atoms with Gasteiger partial charge in [-0.25, -0.2) is 4.68 Å². The first-order valence-corrected chi connectivity index (χ1v) is 8.30. The second-order valence-corrected chi connectivity index (χ2v) is 6.24. The van der Waals surface area contributed by atoms with E-state index in [1.165, 1.54) is 32.1 Å². The third-order valence-corrected chi connectivity index (χ3v) is 4.28. The van der Waals surface area contributed by atoms with Gasteiger partial charge < -0.3 is 10.1 Å². The largest absolute Gasteiger partial charge is 0.439 e. The van der Waals surface area contributed by atoms with Gasteiger partial charge in [-0.3, -0.25) is 0 Å². The van der Waals surface area contributed by atoms with Crippen molar-refractivity contribution in [3.8, 4) is 11.6 Å². The van der Waals surface area contributed by atoms with Crippen LogP contribution in [0.15, 0.2) is 30.3 Å². The number of aromatic nitrogens is 2. The van der Waals surface area contributed by atoms with Gasteiger partial charge in [0, 0.05) is 17.6 Å². The van der Waals surface area contributed by atoms with Gasteiger partial charge in [-0.15, -0.1) is 0 Å². The normalized spacial score (nSPS) is 15.9. The topological polar surface area (TPSA) is 39.1 Å². The number of halogens is 1. The monoisotopic (exact) mass is 319 g/mol. The summed E-state index contributed by atoms with van der Waals surface area (Å²) in [4.78, 5) is 0. The lowest BCUT2D eigenvalue weighted by atomic mass is 9.96. The number of ether oxygens (including phenoxy) is 1. The van der Waals surface area contributed by atoms with Gasteiger partial charge >= 0.3 is 0 Å². The highest BCUT2D eigenvalue weighted by atomic mass is 35.5. The Morgan fingerprint density at radius 2 is 2.09 bits per heavy atom. The van der Waals surface area contributed by atoms with Gasteiger partial charge in [0.15, 0.2) is 0 Å². The minimum atomic E-state index is 0.438. The van der Waals surface area contributed by atoms with Gasteiger partial charge in [0.25, 0.3) is 0 Å². The van der Waals surface area contributed by atoms with Crippen LogP contribution in [0.2, 0.25) is 5.02 Å². The summed E-state index contributed by atoms with van der Waals surface area (Å²) in [5, 5.41) is 8.56. The molecular weight excluding hydrogens is 298 g/mol. The minimum Gasteiger partial charge on any atom is -0.439 e. The van der Waals surface area contributed by atoms with E-state index >= 15 is 0 Å². The van der Waals surface area contributed by atoms with Crippen molar-refractivity contribution < 1.29 is 4.74 Å². The van der Waals surface area contributed by atoms with Crippen LogP contribution in [0, 0.1) is 0 Å². The molecule has 1 aromatic carbocycles. The van der Waals surface area contributed by atoms with E-state index in [1.54, 1.807) is 0 Å². The van der Waals surface area contributed by atoms with Crippen LogP contribution in [-0.4, -0.2) is 16.8 Å². The van der Waals surface area contributed by atoms with E-state index in [1.807, 2.05) is 37.4 Å². The van der Waals surface area contributed by atoms with E-state index in [0.717, 1.165) is 23.9 Å². The zero-order chi connectivity index (χ0) is 15.4. The molecule has 0 spiro atoms. The Labute approximate surface area is 136 Å². The SMILES string of the molecule is CNCc1cc(Oc2cccc(Cl)c2)n(C2CCCCC2)n1. The van der Waals surface area contributed by atoms with Gasteiger partial charge in [0.1, 0.15) is 5.75 Å². The van der Waals surface area contributed by atoms with Crippen molar-refractivity contribution in [2.75, 3.05) is 7.05 Å². The molecule has 1 aliphatic carbocycles. The van der Waals surface area contributed by atoms with Crippen molar-refractivity contribution in [3.05, 3.63) is 41.0 Å². The Balaban J connectivity index is 1.87. The third-order valence-electron chi connectivity index (χ3n) is 4.05. The van der Waals surface area contributed by atoms with Crippen LogP contribution in [0.4, 0.5) is 0 Å². The molecule has 0 radical (unpaired) electrons. The number of hydrogen-bond acceptors (Lipinski definition) is 3. The molecule has 3 rings (SSSR count). The molecule has 118 valence electrons. The molecule has 0 bridgehead atoms. The fraction of sp³-hybridized carbons (Fsp3) is 0.471. The van der Waals surface area contributed by atoms with E-state index in [-0.39, 0.29) is 0 Å². The smallest absolute Gasteiger partial charge is 0.218 e. The fourth-order valence-electron chi connectivity index (χ4n) is 3.01. The molecule has 0 saturated heterocycles. The molecule has 0 atom stereocenters. The predicted octanol–water partition coefficient (Wildman–Crippen LogP) is 4.55. The van der Waals surface area contributed by atoms with Crippen molar-refractivity contribution in [1.29, 1.82) is 0 Å². The van der Waals surface area contributed by atoms with Crippen LogP contribution < -0.4 is 10.1 Å². The van der Waals surface area contributed by atoms with Crippen molar-refractivity contribution in [3.63, 3.8) is 0 Å². The molecule has 0 amide bonds.